The number of aromatic nitrogens is 5. The lowest BCUT2D eigenvalue weighted by molar-refractivity contribution is 1.17. The number of rotatable bonds is 1. The van der Waals surface area contributed by atoms with E-state index in [1.165, 1.54) is 0 Å². The van der Waals surface area contributed by atoms with Crippen LogP contribution in [0.25, 0.3) is 22.6 Å². The lowest BCUT2D eigenvalue weighted by Crippen LogP contribution is -2.10. The molecule has 7 nitrogen and oxygen atoms in total. The van der Waals surface area contributed by atoms with Crippen LogP contribution in [-0.4, -0.2) is 24.9 Å². The maximum Gasteiger partial charge on any atom is 0.278 e. The molecule has 90 valence electrons. The van der Waals surface area contributed by atoms with E-state index >= 15 is 0 Å². The second-order valence-electron chi connectivity index (χ2n) is 3.92. The number of nitrogens with zero attached hydrogens (tertiary/aromatic N) is 3. The molecular formula is C11H10N6O. The van der Waals surface area contributed by atoms with E-state index in [1.807, 2.05) is 19.1 Å². The van der Waals surface area contributed by atoms with Crippen molar-refractivity contribution in [2.24, 2.45) is 0 Å². The van der Waals surface area contributed by atoms with Crippen molar-refractivity contribution in [3.05, 3.63) is 34.4 Å². The van der Waals surface area contributed by atoms with Crippen molar-refractivity contribution < 1.29 is 0 Å². The molecule has 0 unspecified atom stereocenters. The van der Waals surface area contributed by atoms with Crippen LogP contribution in [-0.2, 0) is 0 Å². The van der Waals surface area contributed by atoms with E-state index in [4.69, 9.17) is 5.73 Å². The molecule has 7 heteroatoms. The Balaban J connectivity index is 2.22. The quantitative estimate of drug-likeness (QED) is 0.578. The van der Waals surface area contributed by atoms with Crippen LogP contribution in [0.15, 0.2) is 23.1 Å². The summed E-state index contributed by atoms with van der Waals surface area (Å²) < 4.78 is 0. The van der Waals surface area contributed by atoms with Gasteiger partial charge in [-0.3, -0.25) is 14.8 Å². The molecule has 3 aromatic rings. The largest absolute Gasteiger partial charge is 0.369 e. The van der Waals surface area contributed by atoms with Crippen molar-refractivity contribution in [2.45, 2.75) is 6.92 Å². The molecule has 0 aliphatic carbocycles. The van der Waals surface area contributed by atoms with Crippen molar-refractivity contribution in [1.29, 1.82) is 0 Å². The summed E-state index contributed by atoms with van der Waals surface area (Å²) in [5, 5.41) is 0. The van der Waals surface area contributed by atoms with Crippen LogP contribution in [0.1, 0.15) is 5.69 Å². The molecule has 3 rings (SSSR count). The third kappa shape index (κ3) is 1.61. The predicted octanol–water partition coefficient (Wildman–Crippen LogP) is 0.599. The molecule has 0 saturated carbocycles. The summed E-state index contributed by atoms with van der Waals surface area (Å²) in [6.07, 6.45) is 1.69. The third-order valence-electron chi connectivity index (χ3n) is 2.56. The summed E-state index contributed by atoms with van der Waals surface area (Å²) in [6, 6.07) is 3.74. The first-order chi connectivity index (χ1) is 8.63. The number of fused-ring (bicyclic) bond motifs is 1. The fourth-order valence-corrected chi connectivity index (χ4v) is 1.67. The first kappa shape index (κ1) is 10.5. The lowest BCUT2D eigenvalue weighted by Gasteiger charge is -1.95. The van der Waals surface area contributed by atoms with Crippen molar-refractivity contribution in [3.8, 4) is 11.4 Å². The van der Waals surface area contributed by atoms with E-state index in [0.29, 0.717) is 17.0 Å². The van der Waals surface area contributed by atoms with Crippen molar-refractivity contribution in [1.82, 2.24) is 24.9 Å². The Kier molecular flexibility index (Phi) is 2.12. The van der Waals surface area contributed by atoms with Gasteiger partial charge in [-0.15, -0.1) is 0 Å². The molecule has 0 radical (unpaired) electrons. The van der Waals surface area contributed by atoms with Crippen LogP contribution in [0.5, 0.6) is 0 Å². The molecule has 3 aromatic heterocycles. The van der Waals surface area contributed by atoms with Crippen molar-refractivity contribution >= 4 is 17.1 Å². The summed E-state index contributed by atoms with van der Waals surface area (Å²) >= 11 is 0. The highest BCUT2D eigenvalue weighted by Crippen LogP contribution is 2.17. The number of anilines is 1. The highest BCUT2D eigenvalue weighted by Gasteiger charge is 2.10. The maximum atomic E-state index is 11.6. The number of aromatic amines is 2. The number of pyridine rings is 1. The van der Waals surface area contributed by atoms with Gasteiger partial charge in [0.2, 0.25) is 5.95 Å². The van der Waals surface area contributed by atoms with Gasteiger partial charge in [0.25, 0.3) is 5.56 Å². The zero-order valence-corrected chi connectivity index (χ0v) is 9.56. The fraction of sp³-hybridized carbons (Fsp3) is 0.0909. The van der Waals surface area contributed by atoms with Gasteiger partial charge in [0.1, 0.15) is 5.82 Å². The summed E-state index contributed by atoms with van der Waals surface area (Å²) in [5.74, 6) is 0.591. The number of nitrogens with one attached hydrogen (secondary N) is 2. The highest BCUT2D eigenvalue weighted by atomic mass is 16.1. The van der Waals surface area contributed by atoms with E-state index in [2.05, 4.69) is 24.9 Å². The van der Waals surface area contributed by atoms with E-state index < -0.39 is 0 Å². The summed E-state index contributed by atoms with van der Waals surface area (Å²) in [5.41, 5.74) is 7.43. The monoisotopic (exact) mass is 242 g/mol. The van der Waals surface area contributed by atoms with Crippen molar-refractivity contribution in [3.63, 3.8) is 0 Å². The average Bonchev–Trinajstić information content (AvgIpc) is 2.74. The van der Waals surface area contributed by atoms with Crippen molar-refractivity contribution in [2.75, 3.05) is 5.73 Å². The van der Waals surface area contributed by atoms with E-state index in [1.54, 1.807) is 6.20 Å². The van der Waals surface area contributed by atoms with Crippen LogP contribution < -0.4 is 11.3 Å². The summed E-state index contributed by atoms with van der Waals surface area (Å²) in [7, 11) is 0. The molecule has 0 fully saturated rings. The van der Waals surface area contributed by atoms with Crippen LogP contribution in [0.2, 0.25) is 0 Å². The van der Waals surface area contributed by atoms with Gasteiger partial charge in [-0.2, -0.15) is 4.98 Å². The Bertz CT molecular complexity index is 770. The Labute approximate surface area is 101 Å². The Morgan fingerprint density at radius 2 is 2.06 bits per heavy atom. The molecule has 0 aliphatic heterocycles. The Hall–Kier alpha value is -2.70. The minimum Gasteiger partial charge on any atom is -0.369 e. The molecule has 0 amide bonds. The van der Waals surface area contributed by atoms with E-state index in [0.717, 1.165) is 11.3 Å². The maximum absolute atomic E-state index is 11.6. The van der Waals surface area contributed by atoms with Crippen LogP contribution in [0.3, 0.4) is 0 Å². The zero-order chi connectivity index (χ0) is 12.7. The fourth-order valence-electron chi connectivity index (χ4n) is 1.67. The normalized spacial score (nSPS) is 10.9. The van der Waals surface area contributed by atoms with Gasteiger partial charge < -0.3 is 10.7 Å². The number of hydrogen-bond donors (Lipinski definition) is 3. The molecular weight excluding hydrogens is 232 g/mol. The van der Waals surface area contributed by atoms with Crippen LogP contribution in [0, 0.1) is 6.92 Å². The Morgan fingerprint density at radius 3 is 2.78 bits per heavy atom. The second kappa shape index (κ2) is 3.66. The highest BCUT2D eigenvalue weighted by molar-refractivity contribution is 5.75. The number of hydrogen-bond acceptors (Lipinski definition) is 5. The number of aryl methyl sites for hydroxylation is 1. The topological polar surface area (TPSA) is 113 Å². The molecule has 0 saturated heterocycles. The van der Waals surface area contributed by atoms with E-state index in [-0.39, 0.29) is 11.5 Å². The summed E-state index contributed by atoms with van der Waals surface area (Å²) in [6.45, 7) is 1.90. The van der Waals surface area contributed by atoms with Gasteiger partial charge in [-0.25, -0.2) is 4.98 Å². The third-order valence-corrected chi connectivity index (χ3v) is 2.56. The second-order valence-corrected chi connectivity index (χ2v) is 3.92. The molecule has 18 heavy (non-hydrogen) atoms. The molecule has 0 aromatic carbocycles. The Morgan fingerprint density at radius 1 is 1.22 bits per heavy atom. The first-order valence-corrected chi connectivity index (χ1v) is 5.32. The van der Waals surface area contributed by atoms with Gasteiger partial charge in [0, 0.05) is 17.5 Å². The zero-order valence-electron chi connectivity index (χ0n) is 9.56. The first-order valence-electron chi connectivity index (χ1n) is 5.32. The molecule has 0 atom stereocenters. The molecule has 0 spiro atoms. The SMILES string of the molecule is Cc1ccc(-c2nc3nc(N)[nH]c(=O)c3[nH]2)cn1. The van der Waals surface area contributed by atoms with Crippen LogP contribution >= 0.6 is 0 Å². The number of H-pyrrole nitrogens is 2. The minimum atomic E-state index is -0.337. The molecule has 3 heterocycles. The van der Waals surface area contributed by atoms with Gasteiger partial charge in [0.05, 0.1) is 0 Å². The average molecular weight is 242 g/mol. The number of imidazole rings is 1. The van der Waals surface area contributed by atoms with Gasteiger partial charge in [-0.1, -0.05) is 0 Å². The minimum absolute atomic E-state index is 0.0487. The predicted molar refractivity (Wildman–Crippen MR) is 66.9 cm³/mol. The van der Waals surface area contributed by atoms with Gasteiger partial charge >= 0.3 is 0 Å². The number of nitrogens with two attached hydrogens (primary N) is 1. The van der Waals surface area contributed by atoms with Gasteiger partial charge in [-0.05, 0) is 19.1 Å². The molecule has 0 aliphatic rings. The molecule has 4 N–H and O–H groups in total. The van der Waals surface area contributed by atoms with E-state index in [9.17, 15) is 4.79 Å². The molecule has 0 bridgehead atoms. The standard InChI is InChI=1S/C11H10N6O/c1-5-2-3-6(4-13-5)8-14-7-9(15-8)16-11(12)17-10(7)18/h2-4H,1H3,(H4,12,14,15,16,17,18). The van der Waals surface area contributed by atoms with Crippen LogP contribution in [0.4, 0.5) is 5.95 Å². The number of nitrogen functional groups attached to an aromatic ring is 1. The van der Waals surface area contributed by atoms with Gasteiger partial charge in [0.15, 0.2) is 11.2 Å². The summed E-state index contributed by atoms with van der Waals surface area (Å²) in [4.78, 5) is 29.3. The lowest BCUT2D eigenvalue weighted by atomic mass is 10.2. The smallest absolute Gasteiger partial charge is 0.278 e.